The fourth-order valence-corrected chi connectivity index (χ4v) is 4.57. The molecular formula is C26H34N8O3. The Labute approximate surface area is 216 Å². The number of anilines is 5. The number of morpholine rings is 2. The van der Waals surface area contributed by atoms with Gasteiger partial charge in [-0.05, 0) is 35.4 Å². The van der Waals surface area contributed by atoms with E-state index in [0.29, 0.717) is 28.4 Å². The molecule has 0 spiro atoms. The molecule has 37 heavy (non-hydrogen) atoms. The predicted molar refractivity (Wildman–Crippen MR) is 144 cm³/mol. The first kappa shape index (κ1) is 25.0. The van der Waals surface area contributed by atoms with Gasteiger partial charge in [0.15, 0.2) is 0 Å². The number of nitrogen functional groups attached to an aromatic ring is 2. The highest BCUT2D eigenvalue weighted by Gasteiger charge is 2.18. The lowest BCUT2D eigenvalue weighted by molar-refractivity contribution is 0.0341. The Kier molecular flexibility index (Phi) is 7.85. The third-order valence-electron chi connectivity index (χ3n) is 6.64. The number of aromatic nitrogens is 2. The maximum Gasteiger partial charge on any atom is 0.275 e. The van der Waals surface area contributed by atoms with E-state index in [4.69, 9.17) is 20.9 Å². The van der Waals surface area contributed by atoms with Crippen molar-refractivity contribution in [3.8, 4) is 0 Å². The number of H-pyrrole nitrogens is 1. The van der Waals surface area contributed by atoms with Crippen LogP contribution in [-0.2, 0) is 22.6 Å². The second kappa shape index (κ2) is 11.6. The molecule has 0 bridgehead atoms. The Hall–Kier alpha value is -3.64. The standard InChI is InChI=1S/C26H34N8O3/c27-20-13-18(16-33-5-9-36-10-6-33)1-3-22(20)30-24-15-29-32-25(24)26(35)31-23-4-2-19(14-21(23)28)17-34-7-11-37-12-8-34/h1-4,13-15,30H,5-12,16-17,27-28H2,(H,29,32)(H,31,35). The summed E-state index contributed by atoms with van der Waals surface area (Å²) in [5.41, 5.74) is 18.0. The minimum atomic E-state index is -0.352. The van der Waals surface area contributed by atoms with Gasteiger partial charge in [0.2, 0.25) is 0 Å². The molecule has 2 aliphatic rings. The second-order valence-electron chi connectivity index (χ2n) is 9.36. The molecule has 196 valence electrons. The Morgan fingerprint density at radius 1 is 0.838 bits per heavy atom. The van der Waals surface area contributed by atoms with Crippen molar-refractivity contribution in [2.45, 2.75) is 13.1 Å². The molecule has 2 aliphatic heterocycles. The zero-order valence-electron chi connectivity index (χ0n) is 20.8. The summed E-state index contributed by atoms with van der Waals surface area (Å²) in [6, 6.07) is 11.6. The minimum Gasteiger partial charge on any atom is -0.397 e. The molecule has 2 fully saturated rings. The zero-order chi connectivity index (χ0) is 25.6. The van der Waals surface area contributed by atoms with Crippen LogP contribution in [0.15, 0.2) is 42.6 Å². The van der Waals surface area contributed by atoms with Gasteiger partial charge in [0, 0.05) is 39.3 Å². The Morgan fingerprint density at radius 2 is 1.38 bits per heavy atom. The molecule has 11 heteroatoms. The molecule has 5 rings (SSSR count). The van der Waals surface area contributed by atoms with Gasteiger partial charge < -0.3 is 31.6 Å². The van der Waals surface area contributed by atoms with Gasteiger partial charge in [0.05, 0.1) is 61.1 Å². The van der Waals surface area contributed by atoms with Crippen molar-refractivity contribution in [3.63, 3.8) is 0 Å². The van der Waals surface area contributed by atoms with Crippen LogP contribution in [0.1, 0.15) is 21.6 Å². The average Bonchev–Trinajstić information content (AvgIpc) is 3.37. The van der Waals surface area contributed by atoms with Gasteiger partial charge in [-0.3, -0.25) is 19.7 Å². The number of amides is 1. The van der Waals surface area contributed by atoms with Crippen LogP contribution in [0.25, 0.3) is 0 Å². The predicted octanol–water partition coefficient (Wildman–Crippen LogP) is 2.23. The summed E-state index contributed by atoms with van der Waals surface area (Å²) in [6.45, 7) is 8.23. The van der Waals surface area contributed by atoms with Crippen molar-refractivity contribution >= 4 is 34.3 Å². The van der Waals surface area contributed by atoms with Gasteiger partial charge in [-0.15, -0.1) is 0 Å². The molecule has 3 aromatic rings. The van der Waals surface area contributed by atoms with Gasteiger partial charge in [-0.2, -0.15) is 5.10 Å². The van der Waals surface area contributed by atoms with E-state index in [1.54, 1.807) is 6.20 Å². The zero-order valence-corrected chi connectivity index (χ0v) is 20.8. The number of hydrogen-bond donors (Lipinski definition) is 5. The van der Waals surface area contributed by atoms with Crippen LogP contribution in [-0.4, -0.2) is 78.5 Å². The van der Waals surface area contributed by atoms with Gasteiger partial charge in [0.1, 0.15) is 5.69 Å². The molecular weight excluding hydrogens is 472 g/mol. The number of nitrogens with two attached hydrogens (primary N) is 2. The number of carbonyl (C=O) groups is 1. The maximum atomic E-state index is 13.1. The molecule has 2 aromatic carbocycles. The number of aromatic amines is 1. The third-order valence-corrected chi connectivity index (χ3v) is 6.64. The fraction of sp³-hybridized carbons (Fsp3) is 0.385. The number of nitrogens with one attached hydrogen (secondary N) is 3. The van der Waals surface area contributed by atoms with E-state index in [1.165, 1.54) is 0 Å². The summed E-state index contributed by atoms with van der Waals surface area (Å²) >= 11 is 0. The number of ether oxygens (including phenoxy) is 2. The molecule has 0 aliphatic carbocycles. The van der Waals surface area contributed by atoms with Crippen LogP contribution >= 0.6 is 0 Å². The van der Waals surface area contributed by atoms with Crippen molar-refractivity contribution in [1.29, 1.82) is 0 Å². The first-order valence-electron chi connectivity index (χ1n) is 12.5. The van der Waals surface area contributed by atoms with E-state index in [9.17, 15) is 4.79 Å². The Bertz CT molecular complexity index is 1220. The maximum absolute atomic E-state index is 13.1. The highest BCUT2D eigenvalue weighted by molar-refractivity contribution is 6.08. The topological polar surface area (TPSA) is 147 Å². The number of rotatable bonds is 8. The van der Waals surface area contributed by atoms with Gasteiger partial charge in [0.25, 0.3) is 5.91 Å². The first-order chi connectivity index (χ1) is 18.0. The van der Waals surface area contributed by atoms with Crippen LogP contribution in [0.3, 0.4) is 0 Å². The molecule has 1 aromatic heterocycles. The molecule has 11 nitrogen and oxygen atoms in total. The van der Waals surface area contributed by atoms with Crippen LogP contribution in [0.2, 0.25) is 0 Å². The molecule has 0 atom stereocenters. The van der Waals surface area contributed by atoms with Crippen molar-refractivity contribution in [2.24, 2.45) is 0 Å². The van der Waals surface area contributed by atoms with E-state index in [-0.39, 0.29) is 11.6 Å². The highest BCUT2D eigenvalue weighted by Crippen LogP contribution is 2.28. The highest BCUT2D eigenvalue weighted by atomic mass is 16.5. The quantitative estimate of drug-likeness (QED) is 0.290. The van der Waals surface area contributed by atoms with Crippen molar-refractivity contribution in [1.82, 2.24) is 20.0 Å². The lowest BCUT2D eigenvalue weighted by Crippen LogP contribution is -2.35. The van der Waals surface area contributed by atoms with E-state index in [1.807, 2.05) is 36.4 Å². The third kappa shape index (κ3) is 6.38. The summed E-state index contributed by atoms with van der Waals surface area (Å²) in [7, 11) is 0. The first-order valence-corrected chi connectivity index (χ1v) is 12.5. The summed E-state index contributed by atoms with van der Waals surface area (Å²) in [6.07, 6.45) is 1.56. The number of hydrogen-bond acceptors (Lipinski definition) is 9. The second-order valence-corrected chi connectivity index (χ2v) is 9.36. The van der Waals surface area contributed by atoms with Crippen molar-refractivity contribution in [3.05, 3.63) is 59.4 Å². The minimum absolute atomic E-state index is 0.286. The SMILES string of the molecule is Nc1cc(CN2CCOCC2)ccc1NC(=O)c1[nH]ncc1Nc1ccc(CN2CCOCC2)cc1N. The van der Waals surface area contributed by atoms with E-state index >= 15 is 0 Å². The van der Waals surface area contributed by atoms with E-state index in [0.717, 1.165) is 76.8 Å². The fourth-order valence-electron chi connectivity index (χ4n) is 4.57. The van der Waals surface area contributed by atoms with E-state index < -0.39 is 0 Å². The normalized spacial score (nSPS) is 17.0. The monoisotopic (exact) mass is 506 g/mol. The lowest BCUT2D eigenvalue weighted by atomic mass is 10.1. The average molecular weight is 507 g/mol. The van der Waals surface area contributed by atoms with Gasteiger partial charge in [-0.1, -0.05) is 12.1 Å². The van der Waals surface area contributed by atoms with Gasteiger partial charge in [-0.25, -0.2) is 0 Å². The molecule has 0 saturated carbocycles. The van der Waals surface area contributed by atoms with Crippen LogP contribution < -0.4 is 22.1 Å². The van der Waals surface area contributed by atoms with Crippen LogP contribution in [0.5, 0.6) is 0 Å². The molecule has 0 radical (unpaired) electrons. The molecule has 3 heterocycles. The number of carbonyl (C=O) groups excluding carboxylic acids is 1. The largest absolute Gasteiger partial charge is 0.397 e. The Balaban J connectivity index is 1.22. The summed E-state index contributed by atoms with van der Waals surface area (Å²) in [5.74, 6) is -0.352. The summed E-state index contributed by atoms with van der Waals surface area (Å²) < 4.78 is 10.8. The summed E-state index contributed by atoms with van der Waals surface area (Å²) in [4.78, 5) is 17.7. The van der Waals surface area contributed by atoms with Crippen molar-refractivity contribution in [2.75, 3.05) is 74.7 Å². The smallest absolute Gasteiger partial charge is 0.275 e. The lowest BCUT2D eigenvalue weighted by Gasteiger charge is -2.26. The molecule has 1 amide bonds. The number of benzene rings is 2. The Morgan fingerprint density at radius 3 is 1.92 bits per heavy atom. The molecule has 2 saturated heterocycles. The van der Waals surface area contributed by atoms with Crippen LogP contribution in [0, 0.1) is 0 Å². The van der Waals surface area contributed by atoms with Crippen molar-refractivity contribution < 1.29 is 14.3 Å². The van der Waals surface area contributed by atoms with Gasteiger partial charge >= 0.3 is 0 Å². The van der Waals surface area contributed by atoms with Crippen LogP contribution in [0.4, 0.5) is 28.4 Å². The summed E-state index contributed by atoms with van der Waals surface area (Å²) in [5, 5.41) is 12.9. The van der Waals surface area contributed by atoms with E-state index in [2.05, 4.69) is 30.6 Å². The molecule has 7 N–H and O–H groups in total. The number of nitrogens with zero attached hydrogens (tertiary/aromatic N) is 3. The molecule has 0 unspecified atom stereocenters.